The van der Waals surface area contributed by atoms with Gasteiger partial charge in [0.1, 0.15) is 13.2 Å². The van der Waals surface area contributed by atoms with Crippen molar-refractivity contribution in [3.8, 4) is 11.5 Å². The number of benzene rings is 1. The summed E-state index contributed by atoms with van der Waals surface area (Å²) in [5.41, 5.74) is 4.08. The van der Waals surface area contributed by atoms with Crippen LogP contribution in [-0.2, 0) is 19.3 Å². The predicted molar refractivity (Wildman–Crippen MR) is 97.9 cm³/mol. The van der Waals surface area contributed by atoms with Gasteiger partial charge in [-0.05, 0) is 62.6 Å². The van der Waals surface area contributed by atoms with E-state index in [0.717, 1.165) is 61.3 Å². The monoisotopic (exact) mass is 355 g/mol. The van der Waals surface area contributed by atoms with Crippen molar-refractivity contribution in [2.24, 2.45) is 0 Å². The molecule has 138 valence electrons. The van der Waals surface area contributed by atoms with Gasteiger partial charge in [-0.25, -0.2) is 0 Å². The van der Waals surface area contributed by atoms with Crippen LogP contribution in [0.2, 0.25) is 0 Å². The molecule has 0 unspecified atom stereocenters. The topological polar surface area (TPSA) is 76.2 Å². The van der Waals surface area contributed by atoms with Gasteiger partial charge in [0.25, 0.3) is 5.91 Å². The Labute approximate surface area is 153 Å². The molecule has 2 aliphatic rings. The second-order valence-corrected chi connectivity index (χ2v) is 6.93. The van der Waals surface area contributed by atoms with Gasteiger partial charge in [-0.1, -0.05) is 6.07 Å². The van der Waals surface area contributed by atoms with Crippen LogP contribution in [0.15, 0.2) is 18.2 Å². The molecule has 0 atom stereocenters. The first-order valence-corrected chi connectivity index (χ1v) is 9.54. The molecule has 1 aliphatic heterocycles. The van der Waals surface area contributed by atoms with Crippen molar-refractivity contribution in [3.05, 3.63) is 40.7 Å². The summed E-state index contributed by atoms with van der Waals surface area (Å²) >= 11 is 0. The zero-order chi connectivity index (χ0) is 17.8. The first kappa shape index (κ1) is 16.9. The van der Waals surface area contributed by atoms with E-state index in [1.807, 2.05) is 6.07 Å². The highest BCUT2D eigenvalue weighted by atomic mass is 16.6. The van der Waals surface area contributed by atoms with Crippen LogP contribution in [-0.4, -0.2) is 35.9 Å². The number of aromatic nitrogens is 2. The SMILES string of the molecule is O=C(NCCCCc1ccc2c(c1)OCCO2)c1n[nH]c2c1CCCC2. The third kappa shape index (κ3) is 3.69. The Morgan fingerprint density at radius 1 is 1.12 bits per heavy atom. The Kier molecular flexibility index (Phi) is 5.09. The lowest BCUT2D eigenvalue weighted by Crippen LogP contribution is -2.26. The third-order valence-electron chi connectivity index (χ3n) is 5.06. The smallest absolute Gasteiger partial charge is 0.272 e. The number of H-pyrrole nitrogens is 1. The van der Waals surface area contributed by atoms with E-state index < -0.39 is 0 Å². The van der Waals surface area contributed by atoms with Crippen LogP contribution in [0.5, 0.6) is 11.5 Å². The van der Waals surface area contributed by atoms with Crippen LogP contribution in [0.4, 0.5) is 0 Å². The van der Waals surface area contributed by atoms with Crippen molar-refractivity contribution in [3.63, 3.8) is 0 Å². The van der Waals surface area contributed by atoms with Crippen LogP contribution < -0.4 is 14.8 Å². The van der Waals surface area contributed by atoms with Gasteiger partial charge >= 0.3 is 0 Å². The lowest BCUT2D eigenvalue weighted by Gasteiger charge is -2.18. The lowest BCUT2D eigenvalue weighted by molar-refractivity contribution is 0.0947. The molecule has 4 rings (SSSR count). The maximum Gasteiger partial charge on any atom is 0.272 e. The number of unbranched alkanes of at least 4 members (excludes halogenated alkanes) is 1. The Bertz CT molecular complexity index is 785. The Hall–Kier alpha value is -2.50. The molecule has 2 heterocycles. The second kappa shape index (κ2) is 7.81. The summed E-state index contributed by atoms with van der Waals surface area (Å²) in [6, 6.07) is 6.12. The molecule has 1 amide bonds. The summed E-state index contributed by atoms with van der Waals surface area (Å²) in [4.78, 5) is 12.3. The second-order valence-electron chi connectivity index (χ2n) is 6.93. The molecule has 1 aromatic heterocycles. The number of carbonyl (C=O) groups excluding carboxylic acids is 1. The van der Waals surface area contributed by atoms with E-state index in [1.54, 1.807) is 0 Å². The molecule has 0 spiro atoms. The molecule has 2 N–H and O–H groups in total. The molecule has 0 saturated heterocycles. The van der Waals surface area contributed by atoms with E-state index in [2.05, 4.69) is 27.6 Å². The zero-order valence-corrected chi connectivity index (χ0v) is 15.0. The van der Waals surface area contributed by atoms with Gasteiger partial charge in [0, 0.05) is 17.8 Å². The van der Waals surface area contributed by atoms with E-state index in [4.69, 9.17) is 9.47 Å². The van der Waals surface area contributed by atoms with Crippen molar-refractivity contribution in [2.45, 2.75) is 44.9 Å². The average Bonchev–Trinajstić information content (AvgIpc) is 3.12. The summed E-state index contributed by atoms with van der Waals surface area (Å²) in [5, 5.41) is 10.2. The number of hydrogen-bond donors (Lipinski definition) is 2. The van der Waals surface area contributed by atoms with Crippen LogP contribution >= 0.6 is 0 Å². The first-order chi connectivity index (χ1) is 12.8. The zero-order valence-electron chi connectivity index (χ0n) is 15.0. The molecule has 0 radical (unpaired) electrons. The summed E-state index contributed by atoms with van der Waals surface area (Å²) in [6.07, 6.45) is 7.19. The Morgan fingerprint density at radius 2 is 1.96 bits per heavy atom. The fourth-order valence-corrected chi connectivity index (χ4v) is 3.65. The number of nitrogens with one attached hydrogen (secondary N) is 2. The Balaban J connectivity index is 1.22. The number of ether oxygens (including phenoxy) is 2. The molecule has 1 aliphatic carbocycles. The van der Waals surface area contributed by atoms with Gasteiger partial charge in [0.2, 0.25) is 0 Å². The van der Waals surface area contributed by atoms with E-state index in [9.17, 15) is 4.79 Å². The predicted octanol–water partition coefficient (Wildman–Crippen LogP) is 2.81. The molecule has 1 aromatic carbocycles. The number of amides is 1. The van der Waals surface area contributed by atoms with Gasteiger partial charge in [-0.15, -0.1) is 0 Å². The lowest BCUT2D eigenvalue weighted by atomic mass is 9.96. The van der Waals surface area contributed by atoms with E-state index in [0.29, 0.717) is 25.5 Å². The number of carbonyl (C=O) groups is 1. The molecule has 0 saturated carbocycles. The summed E-state index contributed by atoms with van der Waals surface area (Å²) in [7, 11) is 0. The van der Waals surface area contributed by atoms with Crippen LogP contribution in [0.25, 0.3) is 0 Å². The maximum atomic E-state index is 12.3. The highest BCUT2D eigenvalue weighted by Gasteiger charge is 2.21. The van der Waals surface area contributed by atoms with E-state index >= 15 is 0 Å². The first-order valence-electron chi connectivity index (χ1n) is 9.54. The normalized spacial score (nSPS) is 15.4. The number of nitrogens with zero attached hydrogens (tertiary/aromatic N) is 1. The highest BCUT2D eigenvalue weighted by Crippen LogP contribution is 2.31. The Morgan fingerprint density at radius 3 is 2.88 bits per heavy atom. The van der Waals surface area contributed by atoms with Gasteiger partial charge in [0.15, 0.2) is 17.2 Å². The molecule has 0 fully saturated rings. The van der Waals surface area contributed by atoms with Crippen molar-refractivity contribution in [2.75, 3.05) is 19.8 Å². The van der Waals surface area contributed by atoms with Crippen LogP contribution in [0.3, 0.4) is 0 Å². The molecule has 0 bridgehead atoms. The highest BCUT2D eigenvalue weighted by molar-refractivity contribution is 5.94. The van der Waals surface area contributed by atoms with E-state index in [1.165, 1.54) is 12.0 Å². The van der Waals surface area contributed by atoms with Gasteiger partial charge in [-0.3, -0.25) is 9.89 Å². The fourth-order valence-electron chi connectivity index (χ4n) is 3.65. The average molecular weight is 355 g/mol. The summed E-state index contributed by atoms with van der Waals surface area (Å²) in [5.74, 6) is 1.61. The maximum absolute atomic E-state index is 12.3. The summed E-state index contributed by atoms with van der Waals surface area (Å²) in [6.45, 7) is 1.90. The largest absolute Gasteiger partial charge is 0.486 e. The molecule has 2 aromatic rings. The summed E-state index contributed by atoms with van der Waals surface area (Å²) < 4.78 is 11.2. The number of fused-ring (bicyclic) bond motifs is 2. The molecule has 26 heavy (non-hydrogen) atoms. The molecular formula is C20H25N3O3. The minimum absolute atomic E-state index is 0.0521. The van der Waals surface area contributed by atoms with Crippen molar-refractivity contribution < 1.29 is 14.3 Å². The fraction of sp³-hybridized carbons (Fsp3) is 0.500. The molecule has 6 heteroatoms. The minimum Gasteiger partial charge on any atom is -0.486 e. The minimum atomic E-state index is -0.0521. The van der Waals surface area contributed by atoms with Crippen molar-refractivity contribution >= 4 is 5.91 Å². The number of hydrogen-bond acceptors (Lipinski definition) is 4. The standard InChI is InChI=1S/C20H25N3O3/c24-20(19-15-6-1-2-7-16(15)22-23-19)21-10-4-3-5-14-8-9-17-18(13-14)26-12-11-25-17/h8-9,13H,1-7,10-12H2,(H,21,24)(H,22,23). The van der Waals surface area contributed by atoms with Crippen LogP contribution in [0, 0.1) is 0 Å². The molecule has 6 nitrogen and oxygen atoms in total. The number of rotatable bonds is 6. The number of aryl methyl sites for hydroxylation is 2. The van der Waals surface area contributed by atoms with Gasteiger partial charge in [-0.2, -0.15) is 5.10 Å². The quantitative estimate of drug-likeness (QED) is 0.781. The van der Waals surface area contributed by atoms with Crippen molar-refractivity contribution in [1.29, 1.82) is 0 Å². The van der Waals surface area contributed by atoms with Gasteiger partial charge in [0.05, 0.1) is 0 Å². The van der Waals surface area contributed by atoms with Crippen LogP contribution in [0.1, 0.15) is 53.0 Å². The van der Waals surface area contributed by atoms with E-state index in [-0.39, 0.29) is 5.91 Å². The van der Waals surface area contributed by atoms with Gasteiger partial charge < -0.3 is 14.8 Å². The third-order valence-corrected chi connectivity index (χ3v) is 5.06. The van der Waals surface area contributed by atoms with Crippen molar-refractivity contribution in [1.82, 2.24) is 15.5 Å². The number of aromatic amines is 1. The molecular weight excluding hydrogens is 330 g/mol.